The molecule has 2 N–H and O–H groups in total. The number of aliphatic hydroxyl groups is 2. The lowest BCUT2D eigenvalue weighted by Crippen LogP contribution is -2.25. The molecular weight excluding hydrogens is 468 g/mol. The fourth-order valence-electron chi connectivity index (χ4n) is 3.13. The quantitative estimate of drug-likeness (QED) is 0.0678. The van der Waals surface area contributed by atoms with E-state index in [-0.39, 0.29) is 31.3 Å². The van der Waals surface area contributed by atoms with E-state index in [1.165, 1.54) is 6.42 Å². The maximum atomic E-state index is 11.8. The Morgan fingerprint density at radius 1 is 0.676 bits per heavy atom. The highest BCUT2D eigenvalue weighted by molar-refractivity contribution is 5.69. The highest BCUT2D eigenvalue weighted by Crippen LogP contribution is 2.06. The molecule has 0 aromatic carbocycles. The summed E-state index contributed by atoms with van der Waals surface area (Å²) in [5.41, 5.74) is 0. The Morgan fingerprint density at radius 2 is 1.22 bits per heavy atom. The Hall–Kier alpha value is -2.44. The molecule has 0 unspecified atom stereocenters. The van der Waals surface area contributed by atoms with Crippen molar-refractivity contribution in [2.45, 2.75) is 110 Å². The number of ether oxygens (including phenoxy) is 2. The van der Waals surface area contributed by atoms with Gasteiger partial charge in [0.25, 0.3) is 0 Å². The average Bonchev–Trinajstić information content (AvgIpc) is 2.90. The monoisotopic (exact) mass is 518 g/mol. The summed E-state index contributed by atoms with van der Waals surface area (Å²) in [6.45, 7) is 3.78. The molecule has 0 radical (unpaired) electrons. The molecule has 0 aromatic heterocycles. The van der Waals surface area contributed by atoms with E-state index in [1.54, 1.807) is 6.08 Å². The molecule has 37 heavy (non-hydrogen) atoms. The van der Waals surface area contributed by atoms with Gasteiger partial charge in [0.2, 0.25) is 0 Å². The molecule has 0 aliphatic rings. The van der Waals surface area contributed by atoms with Crippen LogP contribution in [0.15, 0.2) is 60.8 Å². The third kappa shape index (κ3) is 26.4. The van der Waals surface area contributed by atoms with Crippen molar-refractivity contribution in [1.82, 2.24) is 0 Å². The Morgan fingerprint density at radius 3 is 1.81 bits per heavy atom. The van der Waals surface area contributed by atoms with Gasteiger partial charge < -0.3 is 19.7 Å². The van der Waals surface area contributed by atoms with E-state index in [0.29, 0.717) is 19.3 Å². The molecule has 0 aromatic rings. The van der Waals surface area contributed by atoms with Crippen LogP contribution >= 0.6 is 0 Å². The maximum absolute atomic E-state index is 11.8. The molecular formula is C31H50O6. The molecule has 0 rings (SSSR count). The van der Waals surface area contributed by atoms with Crippen LogP contribution in [-0.4, -0.2) is 47.6 Å². The number of esters is 2. The predicted molar refractivity (Wildman–Crippen MR) is 151 cm³/mol. The predicted octanol–water partition coefficient (Wildman–Crippen LogP) is 6.69. The van der Waals surface area contributed by atoms with Gasteiger partial charge >= 0.3 is 11.9 Å². The van der Waals surface area contributed by atoms with E-state index >= 15 is 0 Å². The fraction of sp³-hybridized carbons (Fsp3) is 0.613. The molecule has 0 aliphatic carbocycles. The Bertz CT molecular complexity index is 704. The number of aliphatic hydroxyl groups excluding tert-OH is 2. The van der Waals surface area contributed by atoms with Gasteiger partial charge in [0.15, 0.2) is 0 Å². The third-order valence-corrected chi connectivity index (χ3v) is 5.42. The van der Waals surface area contributed by atoms with Gasteiger partial charge in [-0.15, -0.1) is 0 Å². The first-order valence-corrected chi connectivity index (χ1v) is 13.9. The van der Waals surface area contributed by atoms with Crippen molar-refractivity contribution in [3.63, 3.8) is 0 Å². The number of allylic oxidation sites excluding steroid dienone is 9. The van der Waals surface area contributed by atoms with Crippen molar-refractivity contribution in [1.29, 1.82) is 0 Å². The van der Waals surface area contributed by atoms with Gasteiger partial charge in [-0.1, -0.05) is 100 Å². The van der Waals surface area contributed by atoms with E-state index in [1.807, 2.05) is 25.2 Å². The minimum atomic E-state index is -0.992. The summed E-state index contributed by atoms with van der Waals surface area (Å²) in [5, 5.41) is 19.2. The van der Waals surface area contributed by atoms with E-state index < -0.39 is 6.10 Å². The van der Waals surface area contributed by atoms with Crippen molar-refractivity contribution in [3.8, 4) is 0 Å². The zero-order chi connectivity index (χ0) is 27.4. The molecule has 2 atom stereocenters. The minimum Gasteiger partial charge on any atom is -0.463 e. The first kappa shape index (κ1) is 34.6. The van der Waals surface area contributed by atoms with Crippen LogP contribution in [0.3, 0.4) is 0 Å². The van der Waals surface area contributed by atoms with E-state index in [0.717, 1.165) is 57.8 Å². The molecule has 0 amide bonds. The molecule has 0 aliphatic heterocycles. The van der Waals surface area contributed by atoms with Gasteiger partial charge in [-0.25, -0.2) is 0 Å². The maximum Gasteiger partial charge on any atom is 0.305 e. The summed E-state index contributed by atoms with van der Waals surface area (Å²) < 4.78 is 10.1. The largest absolute Gasteiger partial charge is 0.463 e. The smallest absolute Gasteiger partial charge is 0.305 e. The molecule has 0 saturated carbocycles. The number of unbranched alkanes of at least 4 members (excludes halogenated alkanes) is 5. The normalized spacial score (nSPS) is 13.9. The highest BCUT2D eigenvalue weighted by Gasteiger charge is 2.11. The lowest BCUT2D eigenvalue weighted by Gasteiger charge is -2.12. The van der Waals surface area contributed by atoms with Crippen molar-refractivity contribution >= 4 is 11.9 Å². The number of carbonyl (C=O) groups is 2. The number of rotatable bonds is 23. The average molecular weight is 519 g/mol. The van der Waals surface area contributed by atoms with Gasteiger partial charge in [-0.05, 0) is 44.9 Å². The molecule has 6 nitrogen and oxygen atoms in total. The Balaban J connectivity index is 3.67. The standard InChI is InChI=1S/C31H50O6/c1-3-5-6-17-21-24-30(34)36-26-29(33)27-37-31(35)25-22-19-16-14-12-10-8-7-9-11-13-15-18-20-23-28(32)4-2/h8-11,14-16,18,20,23,28-29,32-33H,3-7,12-13,17,19,21-22,24-27H2,1-2H3/b10-8-,11-9-,16-14-,18-15-,23-20+/t28-,29-/m0/s1. The van der Waals surface area contributed by atoms with Crippen molar-refractivity contribution in [2.75, 3.05) is 13.2 Å². The van der Waals surface area contributed by atoms with Crippen LogP contribution in [0.2, 0.25) is 0 Å². The van der Waals surface area contributed by atoms with Crippen LogP contribution in [0.25, 0.3) is 0 Å². The molecule has 0 fully saturated rings. The minimum absolute atomic E-state index is 0.146. The Labute approximate surface area is 224 Å². The van der Waals surface area contributed by atoms with Crippen molar-refractivity contribution < 1.29 is 29.3 Å². The summed E-state index contributed by atoms with van der Waals surface area (Å²) >= 11 is 0. The highest BCUT2D eigenvalue weighted by atomic mass is 16.6. The summed E-state index contributed by atoms with van der Waals surface area (Å²) in [6.07, 6.45) is 29.6. The molecule has 0 heterocycles. The lowest BCUT2D eigenvalue weighted by atomic mass is 10.1. The van der Waals surface area contributed by atoms with Crippen molar-refractivity contribution in [3.05, 3.63) is 60.8 Å². The van der Waals surface area contributed by atoms with Gasteiger partial charge in [0.05, 0.1) is 6.10 Å². The number of hydrogen-bond acceptors (Lipinski definition) is 6. The van der Waals surface area contributed by atoms with E-state index in [4.69, 9.17) is 9.47 Å². The zero-order valence-corrected chi connectivity index (χ0v) is 23.1. The topological polar surface area (TPSA) is 93.1 Å². The molecule has 6 heteroatoms. The van der Waals surface area contributed by atoms with Gasteiger partial charge in [-0.3, -0.25) is 9.59 Å². The van der Waals surface area contributed by atoms with Gasteiger partial charge in [-0.2, -0.15) is 0 Å². The SMILES string of the molecule is CCCCCCCC(=O)OC[C@H](O)COC(=O)CCC/C=C\C/C=C\C/C=C\C/C=C\C=C\[C@@H](O)CC. The van der Waals surface area contributed by atoms with Crippen LogP contribution < -0.4 is 0 Å². The molecule has 0 bridgehead atoms. The summed E-state index contributed by atoms with van der Waals surface area (Å²) in [4.78, 5) is 23.4. The first-order valence-electron chi connectivity index (χ1n) is 13.9. The second-order valence-electron chi connectivity index (χ2n) is 8.99. The van der Waals surface area contributed by atoms with Gasteiger partial charge in [0, 0.05) is 12.8 Å². The first-order chi connectivity index (χ1) is 18.0. The summed E-state index contributed by atoms with van der Waals surface area (Å²) in [5.74, 6) is -0.674. The molecule has 0 spiro atoms. The summed E-state index contributed by atoms with van der Waals surface area (Å²) in [6, 6.07) is 0. The van der Waals surface area contributed by atoms with Crippen LogP contribution in [0.4, 0.5) is 0 Å². The summed E-state index contributed by atoms with van der Waals surface area (Å²) in [7, 11) is 0. The molecule has 0 saturated heterocycles. The van der Waals surface area contributed by atoms with Gasteiger partial charge in [0.1, 0.15) is 19.3 Å². The Kier molecular flexibility index (Phi) is 24.9. The molecule has 210 valence electrons. The van der Waals surface area contributed by atoms with Crippen LogP contribution in [0.5, 0.6) is 0 Å². The second-order valence-corrected chi connectivity index (χ2v) is 8.99. The van der Waals surface area contributed by atoms with Crippen LogP contribution in [-0.2, 0) is 19.1 Å². The third-order valence-electron chi connectivity index (χ3n) is 5.42. The number of hydrogen-bond donors (Lipinski definition) is 2. The van der Waals surface area contributed by atoms with Crippen LogP contribution in [0.1, 0.15) is 97.3 Å². The van der Waals surface area contributed by atoms with Crippen LogP contribution in [0, 0.1) is 0 Å². The second kappa shape index (κ2) is 26.6. The lowest BCUT2D eigenvalue weighted by molar-refractivity contribution is -0.152. The zero-order valence-electron chi connectivity index (χ0n) is 23.1. The number of carbonyl (C=O) groups excluding carboxylic acids is 2. The van der Waals surface area contributed by atoms with Crippen molar-refractivity contribution in [2.24, 2.45) is 0 Å². The fourth-order valence-corrected chi connectivity index (χ4v) is 3.13. The van der Waals surface area contributed by atoms with E-state index in [9.17, 15) is 19.8 Å². The van der Waals surface area contributed by atoms with E-state index in [2.05, 4.69) is 43.4 Å².